The maximum absolute atomic E-state index is 9.14. The fourth-order valence-corrected chi connectivity index (χ4v) is 1.01. The Morgan fingerprint density at radius 1 is 1.58 bits per heavy atom. The summed E-state index contributed by atoms with van der Waals surface area (Å²) in [7, 11) is 1.58. The first-order chi connectivity index (χ1) is 5.77. The number of phenols is 1. The minimum atomic E-state index is 0.209. The van der Waals surface area contributed by atoms with E-state index in [1.54, 1.807) is 25.3 Å². The largest absolute Gasteiger partial charge is 0.508 e. The maximum Gasteiger partial charge on any atom is 0.123 e. The molecule has 0 radical (unpaired) electrons. The minimum absolute atomic E-state index is 0.209. The van der Waals surface area contributed by atoms with E-state index in [-0.39, 0.29) is 5.75 Å². The van der Waals surface area contributed by atoms with E-state index in [1.165, 1.54) is 0 Å². The van der Waals surface area contributed by atoms with Crippen LogP contribution in [0.15, 0.2) is 18.2 Å². The average molecular weight is 168 g/mol. The summed E-state index contributed by atoms with van der Waals surface area (Å²) in [6.07, 6.45) is 0. The monoisotopic (exact) mass is 168 g/mol. The van der Waals surface area contributed by atoms with Crippen molar-refractivity contribution in [2.75, 3.05) is 7.11 Å². The molecule has 0 saturated heterocycles. The fraction of sp³-hybridized carbons (Fsp3) is 0.250. The van der Waals surface area contributed by atoms with Crippen molar-refractivity contribution < 1.29 is 9.84 Å². The fourth-order valence-electron chi connectivity index (χ4n) is 1.01. The van der Waals surface area contributed by atoms with Crippen molar-refractivity contribution in [3.63, 3.8) is 0 Å². The van der Waals surface area contributed by atoms with Gasteiger partial charge in [-0.1, -0.05) is 0 Å². The van der Waals surface area contributed by atoms with E-state index in [0.29, 0.717) is 12.3 Å². The normalized spacial score (nSPS) is 9.83. The predicted molar refractivity (Wildman–Crippen MR) is 45.7 cm³/mol. The number of methoxy groups -OCH3 is 1. The highest BCUT2D eigenvalue weighted by atomic mass is 16.5. The number of hydrogen-bond acceptors (Lipinski definition) is 4. The lowest BCUT2D eigenvalue weighted by Gasteiger charge is -2.07. The first-order valence-corrected chi connectivity index (χ1v) is 3.57. The molecule has 0 aliphatic rings. The van der Waals surface area contributed by atoms with Crippen LogP contribution >= 0.6 is 0 Å². The van der Waals surface area contributed by atoms with Crippen LogP contribution in [0.25, 0.3) is 0 Å². The number of rotatable bonds is 3. The molecule has 0 aliphatic carbocycles. The minimum Gasteiger partial charge on any atom is -0.508 e. The number of ether oxygens (including phenoxy) is 1. The Hall–Kier alpha value is -1.26. The lowest BCUT2D eigenvalue weighted by atomic mass is 10.2. The molecule has 4 nitrogen and oxygen atoms in total. The molecule has 66 valence electrons. The van der Waals surface area contributed by atoms with Gasteiger partial charge in [0.15, 0.2) is 0 Å². The molecular formula is C8H12N2O2. The van der Waals surface area contributed by atoms with E-state index in [1.807, 2.05) is 0 Å². The van der Waals surface area contributed by atoms with Gasteiger partial charge in [0.25, 0.3) is 0 Å². The number of phenolic OH excluding ortho intramolecular Hbond substituents is 1. The maximum atomic E-state index is 9.14. The van der Waals surface area contributed by atoms with E-state index >= 15 is 0 Å². The van der Waals surface area contributed by atoms with Crippen molar-refractivity contribution in [1.29, 1.82) is 0 Å². The predicted octanol–water partition coefficient (Wildman–Crippen LogP) is 0.364. The van der Waals surface area contributed by atoms with Crippen molar-refractivity contribution in [3.05, 3.63) is 23.8 Å². The van der Waals surface area contributed by atoms with Crippen LogP contribution in [0.5, 0.6) is 11.5 Å². The molecule has 0 saturated carbocycles. The Morgan fingerprint density at radius 3 is 2.92 bits per heavy atom. The molecule has 0 spiro atoms. The zero-order valence-corrected chi connectivity index (χ0v) is 6.87. The summed E-state index contributed by atoms with van der Waals surface area (Å²) >= 11 is 0. The summed E-state index contributed by atoms with van der Waals surface area (Å²) in [6, 6.07) is 4.87. The van der Waals surface area contributed by atoms with Gasteiger partial charge in [-0.05, 0) is 18.2 Å². The summed E-state index contributed by atoms with van der Waals surface area (Å²) in [5, 5.41) is 9.14. The number of nitrogens with one attached hydrogen (secondary N) is 1. The van der Waals surface area contributed by atoms with Crippen LogP contribution in [0, 0.1) is 0 Å². The van der Waals surface area contributed by atoms with E-state index in [0.717, 1.165) is 5.56 Å². The van der Waals surface area contributed by atoms with Crippen LogP contribution in [0.1, 0.15) is 5.56 Å². The van der Waals surface area contributed by atoms with Crippen LogP contribution in [-0.2, 0) is 6.54 Å². The topological polar surface area (TPSA) is 67.5 Å². The Morgan fingerprint density at radius 2 is 2.33 bits per heavy atom. The number of hydrogen-bond donors (Lipinski definition) is 3. The highest BCUT2D eigenvalue weighted by Crippen LogP contribution is 2.22. The van der Waals surface area contributed by atoms with Gasteiger partial charge in [0.1, 0.15) is 11.5 Å². The van der Waals surface area contributed by atoms with Crippen LogP contribution in [-0.4, -0.2) is 12.2 Å². The third-order valence-corrected chi connectivity index (χ3v) is 1.56. The number of nitrogens with two attached hydrogens (primary N) is 1. The quantitative estimate of drug-likeness (QED) is 0.450. The van der Waals surface area contributed by atoms with Crippen LogP contribution < -0.4 is 16.0 Å². The van der Waals surface area contributed by atoms with Gasteiger partial charge in [-0.15, -0.1) is 0 Å². The van der Waals surface area contributed by atoms with Gasteiger partial charge < -0.3 is 9.84 Å². The van der Waals surface area contributed by atoms with Gasteiger partial charge in [0.2, 0.25) is 0 Å². The molecule has 0 bridgehead atoms. The standard InChI is InChI=1S/C8H12N2O2/c1-12-8-3-2-7(11)4-6(8)5-10-9/h2-4,10-11H,5,9H2,1H3. The molecule has 4 heteroatoms. The third-order valence-electron chi connectivity index (χ3n) is 1.56. The molecule has 0 aromatic heterocycles. The zero-order chi connectivity index (χ0) is 8.97. The molecule has 0 aliphatic heterocycles. The summed E-state index contributed by atoms with van der Waals surface area (Å²) in [5.74, 6) is 6.07. The summed E-state index contributed by atoms with van der Waals surface area (Å²) < 4.78 is 5.05. The molecule has 12 heavy (non-hydrogen) atoms. The molecule has 0 atom stereocenters. The summed E-state index contributed by atoms with van der Waals surface area (Å²) in [6.45, 7) is 0.470. The van der Waals surface area contributed by atoms with Crippen molar-refractivity contribution in [2.24, 2.45) is 5.84 Å². The lowest BCUT2D eigenvalue weighted by Crippen LogP contribution is -2.21. The molecular weight excluding hydrogens is 156 g/mol. The second kappa shape index (κ2) is 3.94. The Balaban J connectivity index is 2.95. The Bertz CT molecular complexity index is 263. The molecule has 1 aromatic carbocycles. The van der Waals surface area contributed by atoms with Gasteiger partial charge >= 0.3 is 0 Å². The van der Waals surface area contributed by atoms with Crippen LogP contribution in [0.3, 0.4) is 0 Å². The van der Waals surface area contributed by atoms with Crippen molar-refractivity contribution >= 4 is 0 Å². The number of benzene rings is 1. The van der Waals surface area contributed by atoms with Gasteiger partial charge in [0.05, 0.1) is 7.11 Å². The van der Waals surface area contributed by atoms with Gasteiger partial charge in [-0.2, -0.15) is 0 Å². The summed E-state index contributed by atoms with van der Waals surface area (Å²) in [4.78, 5) is 0. The molecule has 1 rings (SSSR count). The van der Waals surface area contributed by atoms with Gasteiger partial charge in [-0.25, -0.2) is 0 Å². The van der Waals surface area contributed by atoms with Crippen molar-refractivity contribution in [3.8, 4) is 11.5 Å². The average Bonchev–Trinajstić information content (AvgIpc) is 2.05. The number of hydrazine groups is 1. The van der Waals surface area contributed by atoms with E-state index in [9.17, 15) is 0 Å². The van der Waals surface area contributed by atoms with Crippen molar-refractivity contribution in [2.45, 2.75) is 6.54 Å². The van der Waals surface area contributed by atoms with Crippen LogP contribution in [0.2, 0.25) is 0 Å². The third kappa shape index (κ3) is 1.87. The number of aromatic hydroxyl groups is 1. The Labute approximate surface area is 70.9 Å². The Kier molecular flexibility index (Phi) is 2.90. The molecule has 0 fully saturated rings. The molecule has 4 N–H and O–H groups in total. The van der Waals surface area contributed by atoms with E-state index < -0.39 is 0 Å². The van der Waals surface area contributed by atoms with Gasteiger partial charge in [0, 0.05) is 12.1 Å². The van der Waals surface area contributed by atoms with Crippen LogP contribution in [0.4, 0.5) is 0 Å². The smallest absolute Gasteiger partial charge is 0.123 e. The molecule has 0 heterocycles. The first-order valence-electron chi connectivity index (χ1n) is 3.57. The molecule has 1 aromatic rings. The van der Waals surface area contributed by atoms with E-state index in [4.69, 9.17) is 15.7 Å². The summed E-state index contributed by atoms with van der Waals surface area (Å²) in [5.41, 5.74) is 3.33. The van der Waals surface area contributed by atoms with Gasteiger partial charge in [-0.3, -0.25) is 11.3 Å². The van der Waals surface area contributed by atoms with Crippen molar-refractivity contribution in [1.82, 2.24) is 5.43 Å². The lowest BCUT2D eigenvalue weighted by molar-refractivity contribution is 0.405. The highest BCUT2D eigenvalue weighted by Gasteiger charge is 2.01. The first kappa shape index (κ1) is 8.83. The molecule has 0 amide bonds. The second-order valence-corrected chi connectivity index (χ2v) is 2.38. The van der Waals surface area contributed by atoms with E-state index in [2.05, 4.69) is 5.43 Å². The second-order valence-electron chi connectivity index (χ2n) is 2.38. The SMILES string of the molecule is COc1ccc(O)cc1CNN. The highest BCUT2D eigenvalue weighted by molar-refractivity contribution is 5.39. The zero-order valence-electron chi connectivity index (χ0n) is 6.87. The molecule has 0 unspecified atom stereocenters.